The first-order valence-corrected chi connectivity index (χ1v) is 7.03. The third-order valence-electron chi connectivity index (χ3n) is 3.59. The van der Waals surface area contributed by atoms with E-state index >= 15 is 0 Å². The van der Waals surface area contributed by atoms with Crippen LogP contribution < -0.4 is 5.32 Å². The minimum atomic E-state index is -1.06. The molecule has 0 saturated heterocycles. The molecule has 0 atom stereocenters. The van der Waals surface area contributed by atoms with E-state index in [0.717, 1.165) is 23.1 Å². The average Bonchev–Trinajstić information content (AvgIpc) is 2.92. The van der Waals surface area contributed by atoms with Crippen LogP contribution in [0.1, 0.15) is 15.9 Å². The van der Waals surface area contributed by atoms with Crippen molar-refractivity contribution < 1.29 is 18.0 Å². The van der Waals surface area contributed by atoms with Crippen molar-refractivity contribution >= 4 is 16.8 Å². The molecule has 23 heavy (non-hydrogen) atoms. The lowest BCUT2D eigenvalue weighted by Gasteiger charge is -2.05. The molecule has 0 spiro atoms. The largest absolute Gasteiger partial charge is 0.361 e. The van der Waals surface area contributed by atoms with E-state index in [2.05, 4.69) is 10.3 Å². The Bertz CT molecular complexity index is 873. The number of amides is 1. The lowest BCUT2D eigenvalue weighted by Crippen LogP contribution is -2.25. The van der Waals surface area contributed by atoms with E-state index in [1.807, 2.05) is 0 Å². The molecule has 1 aromatic heterocycles. The summed E-state index contributed by atoms with van der Waals surface area (Å²) in [7, 11) is 0. The normalized spacial score (nSPS) is 10.9. The van der Waals surface area contributed by atoms with E-state index in [0.29, 0.717) is 18.5 Å². The predicted octanol–water partition coefficient (Wildman–Crippen LogP) is 3.56. The number of aromatic nitrogens is 1. The van der Waals surface area contributed by atoms with Crippen LogP contribution in [0.2, 0.25) is 0 Å². The first kappa shape index (κ1) is 15.1. The standard InChI is InChI=1S/C17H13F3N2O/c18-12-2-3-13-11(9-22-16(13)8-12)5-6-21-17(23)10-1-4-14(19)15(20)7-10/h1-4,7-9,22H,5-6H2,(H,21,23). The first-order valence-electron chi connectivity index (χ1n) is 7.03. The van der Waals surface area contributed by atoms with Crippen LogP contribution in [0.5, 0.6) is 0 Å². The Balaban J connectivity index is 1.64. The molecule has 2 aromatic carbocycles. The van der Waals surface area contributed by atoms with Crippen LogP contribution in [0.15, 0.2) is 42.6 Å². The lowest BCUT2D eigenvalue weighted by molar-refractivity contribution is 0.0953. The maximum atomic E-state index is 13.1. The van der Waals surface area contributed by atoms with Crippen molar-refractivity contribution in [1.82, 2.24) is 10.3 Å². The van der Waals surface area contributed by atoms with Gasteiger partial charge >= 0.3 is 0 Å². The van der Waals surface area contributed by atoms with Gasteiger partial charge in [-0.1, -0.05) is 0 Å². The Labute approximate surface area is 130 Å². The third kappa shape index (κ3) is 3.21. The van der Waals surface area contributed by atoms with Gasteiger partial charge in [-0.2, -0.15) is 0 Å². The Morgan fingerprint density at radius 2 is 1.87 bits per heavy atom. The summed E-state index contributed by atoms with van der Waals surface area (Å²) in [5.41, 5.74) is 1.68. The molecule has 118 valence electrons. The van der Waals surface area contributed by atoms with Gasteiger partial charge in [0.2, 0.25) is 0 Å². The van der Waals surface area contributed by atoms with Gasteiger partial charge < -0.3 is 10.3 Å². The molecule has 0 saturated carbocycles. The number of aromatic amines is 1. The van der Waals surface area contributed by atoms with Crippen molar-refractivity contribution in [3.63, 3.8) is 0 Å². The van der Waals surface area contributed by atoms with Crippen LogP contribution >= 0.6 is 0 Å². The highest BCUT2D eigenvalue weighted by atomic mass is 19.2. The van der Waals surface area contributed by atoms with Gasteiger partial charge in [0.15, 0.2) is 11.6 Å². The van der Waals surface area contributed by atoms with Gasteiger partial charge in [-0.05, 0) is 48.4 Å². The van der Waals surface area contributed by atoms with E-state index in [1.54, 1.807) is 12.3 Å². The molecule has 0 aliphatic rings. The number of hydrogen-bond acceptors (Lipinski definition) is 1. The number of hydrogen-bond donors (Lipinski definition) is 2. The van der Waals surface area contributed by atoms with Crippen molar-refractivity contribution in [2.24, 2.45) is 0 Å². The SMILES string of the molecule is O=C(NCCc1c[nH]c2cc(F)ccc12)c1ccc(F)c(F)c1. The molecule has 0 radical (unpaired) electrons. The van der Waals surface area contributed by atoms with Gasteiger partial charge in [-0.25, -0.2) is 13.2 Å². The quantitative estimate of drug-likeness (QED) is 0.759. The minimum absolute atomic E-state index is 0.0601. The van der Waals surface area contributed by atoms with Crippen molar-refractivity contribution in [3.8, 4) is 0 Å². The number of rotatable bonds is 4. The highest BCUT2D eigenvalue weighted by Gasteiger charge is 2.10. The van der Waals surface area contributed by atoms with E-state index < -0.39 is 17.5 Å². The summed E-state index contributed by atoms with van der Waals surface area (Å²) < 4.78 is 39.1. The molecule has 1 amide bonds. The van der Waals surface area contributed by atoms with Crippen LogP contribution in [0, 0.1) is 17.5 Å². The van der Waals surface area contributed by atoms with E-state index in [-0.39, 0.29) is 11.4 Å². The summed E-state index contributed by atoms with van der Waals surface area (Å²) in [6.45, 7) is 0.322. The number of fused-ring (bicyclic) bond motifs is 1. The average molecular weight is 318 g/mol. The van der Waals surface area contributed by atoms with Gasteiger partial charge in [-0.15, -0.1) is 0 Å². The molecule has 0 fully saturated rings. The molecule has 0 aliphatic heterocycles. The second-order valence-corrected chi connectivity index (χ2v) is 5.14. The smallest absolute Gasteiger partial charge is 0.251 e. The summed E-state index contributed by atoms with van der Waals surface area (Å²) in [5.74, 6) is -2.85. The zero-order valence-corrected chi connectivity index (χ0v) is 12.0. The summed E-state index contributed by atoms with van der Waals surface area (Å²) >= 11 is 0. The minimum Gasteiger partial charge on any atom is -0.361 e. The topological polar surface area (TPSA) is 44.9 Å². The fourth-order valence-corrected chi connectivity index (χ4v) is 2.42. The molecular formula is C17H13F3N2O. The maximum absolute atomic E-state index is 13.1. The Morgan fingerprint density at radius 3 is 2.65 bits per heavy atom. The van der Waals surface area contributed by atoms with Gasteiger partial charge in [0.1, 0.15) is 5.82 Å². The number of carbonyl (C=O) groups excluding carboxylic acids is 1. The molecule has 3 aromatic rings. The van der Waals surface area contributed by atoms with Crippen molar-refractivity contribution in [1.29, 1.82) is 0 Å². The molecule has 2 N–H and O–H groups in total. The number of halogens is 3. The first-order chi connectivity index (χ1) is 11.0. The van der Waals surface area contributed by atoms with Crippen LogP contribution in [0.4, 0.5) is 13.2 Å². The summed E-state index contributed by atoms with van der Waals surface area (Å²) in [6.07, 6.45) is 2.29. The second-order valence-electron chi connectivity index (χ2n) is 5.14. The zero-order valence-electron chi connectivity index (χ0n) is 12.0. The van der Waals surface area contributed by atoms with Crippen molar-refractivity contribution in [3.05, 3.63) is 71.2 Å². The summed E-state index contributed by atoms with van der Waals surface area (Å²) in [4.78, 5) is 14.9. The molecule has 3 rings (SSSR count). The molecule has 6 heteroatoms. The third-order valence-corrected chi connectivity index (χ3v) is 3.59. The monoisotopic (exact) mass is 318 g/mol. The van der Waals surface area contributed by atoms with Gasteiger partial charge in [0.25, 0.3) is 5.91 Å². The Hall–Kier alpha value is -2.76. The van der Waals surface area contributed by atoms with Crippen LogP contribution in [-0.4, -0.2) is 17.4 Å². The Morgan fingerprint density at radius 1 is 1.04 bits per heavy atom. The van der Waals surface area contributed by atoms with Crippen LogP contribution in [0.3, 0.4) is 0 Å². The number of H-pyrrole nitrogens is 1. The molecule has 3 nitrogen and oxygen atoms in total. The highest BCUT2D eigenvalue weighted by Crippen LogP contribution is 2.19. The lowest BCUT2D eigenvalue weighted by atomic mass is 10.1. The molecule has 0 unspecified atom stereocenters. The fraction of sp³-hybridized carbons (Fsp3) is 0.118. The van der Waals surface area contributed by atoms with E-state index in [1.165, 1.54) is 18.2 Å². The number of benzene rings is 2. The van der Waals surface area contributed by atoms with Crippen LogP contribution in [0.25, 0.3) is 10.9 Å². The highest BCUT2D eigenvalue weighted by molar-refractivity contribution is 5.94. The number of carbonyl (C=O) groups is 1. The summed E-state index contributed by atoms with van der Waals surface area (Å²) in [6, 6.07) is 7.45. The molecule has 0 aliphatic carbocycles. The molecule has 0 bridgehead atoms. The number of nitrogens with one attached hydrogen (secondary N) is 2. The van der Waals surface area contributed by atoms with Gasteiger partial charge in [0, 0.05) is 29.2 Å². The zero-order chi connectivity index (χ0) is 16.4. The Kier molecular flexibility index (Phi) is 4.06. The van der Waals surface area contributed by atoms with Crippen LogP contribution in [-0.2, 0) is 6.42 Å². The van der Waals surface area contributed by atoms with E-state index in [9.17, 15) is 18.0 Å². The van der Waals surface area contributed by atoms with Crippen molar-refractivity contribution in [2.45, 2.75) is 6.42 Å². The molecular weight excluding hydrogens is 305 g/mol. The van der Waals surface area contributed by atoms with Gasteiger partial charge in [-0.3, -0.25) is 4.79 Å². The molecule has 1 heterocycles. The van der Waals surface area contributed by atoms with E-state index in [4.69, 9.17) is 0 Å². The van der Waals surface area contributed by atoms with Crippen molar-refractivity contribution in [2.75, 3.05) is 6.54 Å². The fourth-order valence-electron chi connectivity index (χ4n) is 2.42. The van der Waals surface area contributed by atoms with Gasteiger partial charge in [0.05, 0.1) is 0 Å². The predicted molar refractivity (Wildman–Crippen MR) is 80.7 cm³/mol. The maximum Gasteiger partial charge on any atom is 0.251 e. The summed E-state index contributed by atoms with van der Waals surface area (Å²) in [5, 5.41) is 3.53. The second kappa shape index (κ2) is 6.16.